The van der Waals surface area contributed by atoms with Crippen molar-refractivity contribution in [3.63, 3.8) is 0 Å². The highest BCUT2D eigenvalue weighted by Crippen LogP contribution is 2.37. The van der Waals surface area contributed by atoms with Gasteiger partial charge in [-0.3, -0.25) is 0 Å². The van der Waals surface area contributed by atoms with E-state index in [0.29, 0.717) is 12.0 Å². The minimum Gasteiger partial charge on any atom is -0.313 e. The van der Waals surface area contributed by atoms with Gasteiger partial charge in [0, 0.05) is 6.54 Å². The van der Waals surface area contributed by atoms with E-state index < -0.39 is 35.7 Å². The summed E-state index contributed by atoms with van der Waals surface area (Å²) >= 11 is 0. The van der Waals surface area contributed by atoms with E-state index in [1.54, 1.807) is 12.1 Å². The summed E-state index contributed by atoms with van der Waals surface area (Å²) in [5.74, 6) is 0. The van der Waals surface area contributed by atoms with Crippen LogP contribution in [0.2, 0.25) is 0 Å². The summed E-state index contributed by atoms with van der Waals surface area (Å²) in [6, 6.07) is 12.5. The molecule has 10 heteroatoms. The number of halogens is 6. The summed E-state index contributed by atoms with van der Waals surface area (Å²) in [7, 11) is 0. The molecule has 2 heterocycles. The molecule has 4 nitrogen and oxygen atoms in total. The molecule has 2 amide bonds. The van der Waals surface area contributed by atoms with Crippen LogP contribution < -0.4 is 5.32 Å². The highest BCUT2D eigenvalue weighted by Gasteiger charge is 2.35. The molecular formula is C23H17F6N3O. The monoisotopic (exact) mass is 465 g/mol. The van der Waals surface area contributed by atoms with Crippen LogP contribution in [0.5, 0.6) is 0 Å². The lowest BCUT2D eigenvalue weighted by Gasteiger charge is -2.37. The summed E-state index contributed by atoms with van der Waals surface area (Å²) in [5, 5.41) is 2.53. The largest absolute Gasteiger partial charge is 0.433 e. The Labute approximate surface area is 184 Å². The molecule has 4 rings (SSSR count). The second-order valence-corrected chi connectivity index (χ2v) is 7.52. The first-order chi connectivity index (χ1) is 15.5. The van der Waals surface area contributed by atoms with Crippen molar-refractivity contribution in [2.24, 2.45) is 0 Å². The van der Waals surface area contributed by atoms with Crippen LogP contribution in [0.25, 0.3) is 0 Å². The standard InChI is InChI=1S/C23H17F6N3O/c24-22(25,26)16-7-5-15(6-8-16)20-18-4-2-1-3-14(18)11-12-32(20)21(33)31-17-9-10-19(30-13-17)23(27,28)29/h1-10,13,20H,11-12H2,(H,31,33)/t20-/m1/s1. The van der Waals surface area contributed by atoms with Crippen LogP contribution in [0.15, 0.2) is 66.9 Å². The Morgan fingerprint density at radius 2 is 1.61 bits per heavy atom. The fourth-order valence-electron chi connectivity index (χ4n) is 3.83. The molecule has 0 spiro atoms. The van der Waals surface area contributed by atoms with Gasteiger partial charge in [-0.15, -0.1) is 0 Å². The molecule has 1 N–H and O–H groups in total. The lowest BCUT2D eigenvalue weighted by Crippen LogP contribution is -2.43. The first-order valence-electron chi connectivity index (χ1n) is 9.90. The number of hydrogen-bond acceptors (Lipinski definition) is 2. The third-order valence-electron chi connectivity index (χ3n) is 5.40. The molecule has 0 saturated heterocycles. The molecule has 2 aromatic carbocycles. The number of aromatic nitrogens is 1. The van der Waals surface area contributed by atoms with E-state index in [-0.39, 0.29) is 12.2 Å². The van der Waals surface area contributed by atoms with Crippen molar-refractivity contribution in [3.05, 3.63) is 94.8 Å². The van der Waals surface area contributed by atoms with Gasteiger partial charge in [-0.25, -0.2) is 9.78 Å². The molecule has 3 aromatic rings. The summed E-state index contributed by atoms with van der Waals surface area (Å²) < 4.78 is 77.2. The molecular weight excluding hydrogens is 448 g/mol. The van der Waals surface area contributed by atoms with Crippen molar-refractivity contribution in [3.8, 4) is 0 Å². The number of carbonyl (C=O) groups excluding carboxylic acids is 1. The van der Waals surface area contributed by atoms with E-state index in [1.165, 1.54) is 17.0 Å². The zero-order valence-corrected chi connectivity index (χ0v) is 16.9. The molecule has 172 valence electrons. The van der Waals surface area contributed by atoms with Gasteiger partial charge >= 0.3 is 18.4 Å². The van der Waals surface area contributed by atoms with Gasteiger partial charge in [-0.1, -0.05) is 36.4 Å². The van der Waals surface area contributed by atoms with Gasteiger partial charge in [0.05, 0.1) is 23.5 Å². The number of anilines is 1. The lowest BCUT2D eigenvalue weighted by molar-refractivity contribution is -0.141. The normalized spacial score (nSPS) is 16.3. The summed E-state index contributed by atoms with van der Waals surface area (Å²) in [4.78, 5) is 17.8. The number of rotatable bonds is 2. The minimum atomic E-state index is -4.60. The van der Waals surface area contributed by atoms with E-state index in [0.717, 1.165) is 41.6 Å². The van der Waals surface area contributed by atoms with E-state index in [9.17, 15) is 31.1 Å². The van der Waals surface area contributed by atoms with Crippen molar-refractivity contribution in [1.29, 1.82) is 0 Å². The second-order valence-electron chi connectivity index (χ2n) is 7.52. The molecule has 0 radical (unpaired) electrons. The van der Waals surface area contributed by atoms with Crippen molar-refractivity contribution < 1.29 is 31.1 Å². The highest BCUT2D eigenvalue weighted by molar-refractivity contribution is 5.90. The summed E-state index contributed by atoms with van der Waals surface area (Å²) in [6.07, 6.45) is -7.67. The molecule has 0 bridgehead atoms. The number of nitrogens with zero attached hydrogens (tertiary/aromatic N) is 2. The molecule has 0 fully saturated rings. The Morgan fingerprint density at radius 3 is 2.21 bits per heavy atom. The third kappa shape index (κ3) is 4.79. The number of alkyl halides is 6. The van der Waals surface area contributed by atoms with Gasteiger partial charge in [0.25, 0.3) is 0 Å². The zero-order valence-electron chi connectivity index (χ0n) is 16.9. The lowest BCUT2D eigenvalue weighted by atomic mass is 9.88. The molecule has 1 atom stereocenters. The minimum absolute atomic E-state index is 0.0676. The van der Waals surface area contributed by atoms with Crippen LogP contribution in [0.4, 0.5) is 36.8 Å². The van der Waals surface area contributed by atoms with Gasteiger partial charge in [-0.05, 0) is 47.4 Å². The summed E-state index contributed by atoms with van der Waals surface area (Å²) in [6.45, 7) is 0.266. The average molecular weight is 465 g/mol. The molecule has 1 aliphatic heterocycles. The van der Waals surface area contributed by atoms with Crippen molar-refractivity contribution in [2.45, 2.75) is 24.8 Å². The zero-order chi connectivity index (χ0) is 23.8. The fraction of sp³-hybridized carbons (Fsp3) is 0.217. The first kappa shape index (κ1) is 22.6. The predicted molar refractivity (Wildman–Crippen MR) is 108 cm³/mol. The van der Waals surface area contributed by atoms with E-state index in [1.807, 2.05) is 12.1 Å². The van der Waals surface area contributed by atoms with Crippen molar-refractivity contribution in [1.82, 2.24) is 9.88 Å². The van der Waals surface area contributed by atoms with Gasteiger partial charge < -0.3 is 10.2 Å². The number of nitrogens with one attached hydrogen (secondary N) is 1. The number of urea groups is 1. The van der Waals surface area contributed by atoms with Crippen LogP contribution in [0, 0.1) is 0 Å². The van der Waals surface area contributed by atoms with E-state index in [2.05, 4.69) is 10.3 Å². The maximum Gasteiger partial charge on any atom is 0.433 e. The number of pyridine rings is 1. The van der Waals surface area contributed by atoms with Gasteiger partial charge in [0.1, 0.15) is 5.69 Å². The van der Waals surface area contributed by atoms with Gasteiger partial charge in [0.2, 0.25) is 0 Å². The average Bonchev–Trinajstić information content (AvgIpc) is 2.77. The molecule has 1 aliphatic rings. The Hall–Kier alpha value is -3.56. The van der Waals surface area contributed by atoms with Crippen molar-refractivity contribution >= 4 is 11.7 Å². The Morgan fingerprint density at radius 1 is 0.909 bits per heavy atom. The first-order valence-corrected chi connectivity index (χ1v) is 9.90. The maximum atomic E-state index is 13.1. The molecule has 0 unspecified atom stereocenters. The molecule has 0 aliphatic carbocycles. The molecule has 1 aromatic heterocycles. The quantitative estimate of drug-likeness (QED) is 0.452. The Bertz CT molecular complexity index is 1140. The number of fused-ring (bicyclic) bond motifs is 1. The van der Waals surface area contributed by atoms with Crippen LogP contribution in [-0.4, -0.2) is 22.5 Å². The topological polar surface area (TPSA) is 45.2 Å². The number of hydrogen-bond donors (Lipinski definition) is 1. The molecule has 0 saturated carbocycles. The number of amides is 2. The van der Waals surface area contributed by atoms with E-state index in [4.69, 9.17) is 0 Å². The Balaban J connectivity index is 1.64. The van der Waals surface area contributed by atoms with Gasteiger partial charge in [-0.2, -0.15) is 26.3 Å². The predicted octanol–water partition coefficient (Wildman–Crippen LogP) is 6.30. The van der Waals surface area contributed by atoms with Gasteiger partial charge in [0.15, 0.2) is 0 Å². The van der Waals surface area contributed by atoms with Crippen molar-refractivity contribution in [2.75, 3.05) is 11.9 Å². The Kier molecular flexibility index (Phi) is 5.77. The van der Waals surface area contributed by atoms with Crippen LogP contribution in [0.3, 0.4) is 0 Å². The maximum absolute atomic E-state index is 13.1. The smallest absolute Gasteiger partial charge is 0.313 e. The fourth-order valence-corrected chi connectivity index (χ4v) is 3.83. The number of carbonyl (C=O) groups is 1. The second kappa shape index (κ2) is 8.42. The van der Waals surface area contributed by atoms with Crippen LogP contribution in [-0.2, 0) is 18.8 Å². The SMILES string of the molecule is O=C(Nc1ccc(C(F)(F)F)nc1)N1CCc2ccccc2[C@H]1c1ccc(C(F)(F)F)cc1. The summed E-state index contributed by atoms with van der Waals surface area (Å²) in [5.41, 5.74) is 0.387. The third-order valence-corrected chi connectivity index (χ3v) is 5.40. The van der Waals surface area contributed by atoms with Crippen LogP contribution >= 0.6 is 0 Å². The van der Waals surface area contributed by atoms with Crippen LogP contribution in [0.1, 0.15) is 34.0 Å². The number of benzene rings is 2. The highest BCUT2D eigenvalue weighted by atomic mass is 19.4. The van der Waals surface area contributed by atoms with E-state index >= 15 is 0 Å². The molecule has 33 heavy (non-hydrogen) atoms.